The number of carbonyl (C=O) groups excluding carboxylic acids is 2. The third-order valence-corrected chi connectivity index (χ3v) is 8.35. The summed E-state index contributed by atoms with van der Waals surface area (Å²) in [5.74, 6) is -7.00. The van der Waals surface area contributed by atoms with Crippen molar-refractivity contribution in [3.63, 3.8) is 0 Å². The van der Waals surface area contributed by atoms with Gasteiger partial charge in [0.1, 0.15) is 34.9 Å². The lowest BCUT2D eigenvalue weighted by Gasteiger charge is -2.34. The van der Waals surface area contributed by atoms with Gasteiger partial charge in [0, 0.05) is 60.6 Å². The van der Waals surface area contributed by atoms with E-state index in [0.717, 1.165) is 0 Å². The molecule has 0 aliphatic carbocycles. The van der Waals surface area contributed by atoms with Crippen LogP contribution in [0.1, 0.15) is 36.1 Å². The molecule has 0 saturated carbocycles. The first kappa shape index (κ1) is 34.1. The summed E-state index contributed by atoms with van der Waals surface area (Å²) in [5, 5.41) is 0.619. The van der Waals surface area contributed by atoms with Crippen LogP contribution >= 0.6 is 34.8 Å². The molecule has 0 radical (unpaired) electrons. The van der Waals surface area contributed by atoms with E-state index in [4.69, 9.17) is 34.8 Å². The molecule has 2 aliphatic rings. The van der Waals surface area contributed by atoms with Gasteiger partial charge in [-0.25, -0.2) is 26.3 Å². The van der Waals surface area contributed by atoms with Gasteiger partial charge in [-0.2, -0.15) is 0 Å². The zero-order valence-corrected chi connectivity index (χ0v) is 26.1. The number of allylic oxidation sites excluding steroid dienone is 2. The van der Waals surface area contributed by atoms with E-state index in [2.05, 4.69) is 0 Å². The number of carbonyl (C=O) groups is 2. The largest absolute Gasteiger partial charge is 0.338 e. The van der Waals surface area contributed by atoms with Crippen molar-refractivity contribution >= 4 is 57.7 Å². The lowest BCUT2D eigenvalue weighted by atomic mass is 9.95. The normalized spacial score (nSPS) is 17.8. The van der Waals surface area contributed by atoms with Crippen LogP contribution in [0, 0.1) is 34.9 Å². The number of rotatable bonds is 4. The number of ketones is 2. The van der Waals surface area contributed by atoms with Crippen molar-refractivity contribution in [1.82, 2.24) is 0 Å². The lowest BCUT2D eigenvalue weighted by Crippen LogP contribution is -2.32. The van der Waals surface area contributed by atoms with E-state index >= 15 is 0 Å². The molecular weight excluding hydrogens is 689 g/mol. The van der Waals surface area contributed by atoms with Crippen LogP contribution in [0.5, 0.6) is 0 Å². The minimum Gasteiger partial charge on any atom is -0.338 e. The molecule has 2 heterocycles. The van der Waals surface area contributed by atoms with Gasteiger partial charge in [-0.05, 0) is 30.3 Å². The SMILES string of the molecule is O=C1C=CN(c2ccccc2Cl)C(c2c(F)cc(F)cc2F)C1.O=C1CC(c2c(F)cc(F)cc2F)N(c2ccccc2Cl)C=C1Cl. The van der Waals surface area contributed by atoms with Gasteiger partial charge >= 0.3 is 0 Å². The average Bonchev–Trinajstić information content (AvgIpc) is 2.99. The van der Waals surface area contributed by atoms with Gasteiger partial charge in [0.2, 0.25) is 0 Å². The summed E-state index contributed by atoms with van der Waals surface area (Å²) in [5.41, 5.74) is 0.165. The van der Waals surface area contributed by atoms with E-state index in [9.17, 15) is 35.9 Å². The summed E-state index contributed by atoms with van der Waals surface area (Å²) < 4.78 is 83.0. The second kappa shape index (κ2) is 14.3. The van der Waals surface area contributed by atoms with E-state index in [1.807, 2.05) is 0 Å². The molecule has 4 nitrogen and oxygen atoms in total. The Labute approximate surface area is 280 Å². The van der Waals surface area contributed by atoms with E-state index in [0.29, 0.717) is 45.7 Å². The molecule has 0 bridgehead atoms. The molecule has 2 atom stereocenters. The number of benzene rings is 4. The molecule has 6 rings (SSSR count). The van der Waals surface area contributed by atoms with Crippen LogP contribution in [-0.2, 0) is 9.59 Å². The van der Waals surface area contributed by atoms with Gasteiger partial charge < -0.3 is 9.80 Å². The van der Waals surface area contributed by atoms with Gasteiger partial charge in [0.15, 0.2) is 11.6 Å². The Morgan fingerprint density at radius 1 is 0.596 bits per heavy atom. The van der Waals surface area contributed by atoms with Crippen LogP contribution in [-0.4, -0.2) is 11.6 Å². The molecule has 2 unspecified atom stereocenters. The molecule has 0 N–H and O–H groups in total. The standard InChI is InChI=1S/C17H10Cl2F3NO.C17H11ClF3NO/c18-10-3-1-2-4-14(10)23-8-11(19)16(24)7-15(23)17-12(21)5-9(20)6-13(17)22;18-12-3-1-2-4-15(12)22-6-5-11(23)9-16(22)17-13(20)7-10(19)8-14(17)21/h1-6,8,15H,7H2;1-8,16H,9H2. The molecule has 0 fully saturated rings. The van der Waals surface area contributed by atoms with Crippen LogP contribution < -0.4 is 9.80 Å². The highest BCUT2D eigenvalue weighted by Gasteiger charge is 2.34. The number of hydrogen-bond acceptors (Lipinski definition) is 4. The summed E-state index contributed by atoms with van der Waals surface area (Å²) in [6, 6.07) is 13.8. The van der Waals surface area contributed by atoms with Gasteiger partial charge in [-0.15, -0.1) is 0 Å². The maximum Gasteiger partial charge on any atom is 0.178 e. The van der Waals surface area contributed by atoms with E-state index in [1.54, 1.807) is 48.5 Å². The first-order chi connectivity index (χ1) is 22.3. The Morgan fingerprint density at radius 2 is 1.02 bits per heavy atom. The summed E-state index contributed by atoms with van der Waals surface area (Å²) in [6.45, 7) is 0. The Kier molecular flexibility index (Phi) is 10.3. The number of halogens is 9. The first-order valence-electron chi connectivity index (χ1n) is 13.8. The predicted molar refractivity (Wildman–Crippen MR) is 168 cm³/mol. The topological polar surface area (TPSA) is 40.6 Å². The Morgan fingerprint density at radius 3 is 1.49 bits per heavy atom. The molecular formula is C34H21Cl3F6N2O2. The molecule has 2 aliphatic heterocycles. The molecule has 0 amide bonds. The average molecular weight is 710 g/mol. The maximum atomic E-state index is 14.2. The summed E-state index contributed by atoms with van der Waals surface area (Å²) in [6.07, 6.45) is 3.63. The summed E-state index contributed by atoms with van der Waals surface area (Å²) in [7, 11) is 0. The second-order valence-corrected chi connectivity index (χ2v) is 11.6. The fourth-order valence-corrected chi connectivity index (χ4v) is 5.96. The predicted octanol–water partition coefficient (Wildman–Crippen LogP) is 10.1. The summed E-state index contributed by atoms with van der Waals surface area (Å²) >= 11 is 18.2. The third-order valence-electron chi connectivity index (χ3n) is 7.40. The van der Waals surface area contributed by atoms with Crippen molar-refractivity contribution in [3.8, 4) is 0 Å². The van der Waals surface area contributed by atoms with Crippen molar-refractivity contribution in [2.75, 3.05) is 9.80 Å². The Bertz CT molecular complexity index is 1890. The molecule has 47 heavy (non-hydrogen) atoms. The smallest absolute Gasteiger partial charge is 0.178 e. The number of para-hydroxylation sites is 2. The van der Waals surface area contributed by atoms with Gasteiger partial charge in [0.05, 0.1) is 38.5 Å². The monoisotopic (exact) mass is 708 g/mol. The Hall–Kier alpha value is -4.25. The fraction of sp³-hybridized carbons (Fsp3) is 0.118. The number of hydrogen-bond donors (Lipinski definition) is 0. The minimum absolute atomic E-state index is 0.0749. The Balaban J connectivity index is 0.000000185. The molecule has 0 saturated heterocycles. The third kappa shape index (κ3) is 7.35. The molecule has 4 aromatic carbocycles. The number of Topliss-reactive ketones (excluding diaryl/α,β-unsaturated/α-hetero) is 1. The van der Waals surface area contributed by atoms with E-state index < -0.39 is 58.3 Å². The van der Waals surface area contributed by atoms with Crippen LogP contribution in [0.25, 0.3) is 0 Å². The fourth-order valence-electron chi connectivity index (χ4n) is 5.31. The van der Waals surface area contributed by atoms with Crippen molar-refractivity contribution in [2.45, 2.75) is 24.9 Å². The molecule has 242 valence electrons. The van der Waals surface area contributed by atoms with E-state index in [-0.39, 0.29) is 29.2 Å². The zero-order valence-electron chi connectivity index (χ0n) is 23.8. The van der Waals surface area contributed by atoms with Crippen LogP contribution in [0.4, 0.5) is 37.7 Å². The van der Waals surface area contributed by atoms with Crippen molar-refractivity contribution in [3.05, 3.63) is 152 Å². The lowest BCUT2D eigenvalue weighted by molar-refractivity contribution is -0.116. The number of anilines is 2. The highest BCUT2D eigenvalue weighted by Crippen LogP contribution is 2.41. The molecule has 13 heteroatoms. The minimum atomic E-state index is -1.08. The maximum absolute atomic E-state index is 14.2. The van der Waals surface area contributed by atoms with Crippen LogP contribution in [0.3, 0.4) is 0 Å². The van der Waals surface area contributed by atoms with Crippen molar-refractivity contribution in [1.29, 1.82) is 0 Å². The van der Waals surface area contributed by atoms with Gasteiger partial charge in [0.25, 0.3) is 0 Å². The molecule has 0 spiro atoms. The van der Waals surface area contributed by atoms with E-state index in [1.165, 1.54) is 28.3 Å². The van der Waals surface area contributed by atoms with Crippen LogP contribution in [0.15, 0.2) is 96.3 Å². The quantitative estimate of drug-likeness (QED) is 0.198. The molecule has 4 aromatic rings. The highest BCUT2D eigenvalue weighted by atomic mass is 35.5. The number of nitrogens with zero attached hydrogens (tertiary/aromatic N) is 2. The van der Waals surface area contributed by atoms with Crippen molar-refractivity contribution in [2.24, 2.45) is 0 Å². The van der Waals surface area contributed by atoms with Crippen molar-refractivity contribution < 1.29 is 35.9 Å². The summed E-state index contributed by atoms with van der Waals surface area (Å²) in [4.78, 5) is 26.6. The van der Waals surface area contributed by atoms with Crippen LogP contribution in [0.2, 0.25) is 10.0 Å². The molecule has 0 aromatic heterocycles. The van der Waals surface area contributed by atoms with Gasteiger partial charge in [-0.1, -0.05) is 59.1 Å². The second-order valence-electron chi connectivity index (χ2n) is 10.4. The zero-order chi connectivity index (χ0) is 34.0. The van der Waals surface area contributed by atoms with Gasteiger partial charge in [-0.3, -0.25) is 9.59 Å². The highest BCUT2D eigenvalue weighted by molar-refractivity contribution is 6.43. The first-order valence-corrected chi connectivity index (χ1v) is 14.9.